The van der Waals surface area contributed by atoms with Gasteiger partial charge >= 0.3 is 6.09 Å². The molecule has 0 aliphatic heterocycles. The Kier molecular flexibility index (Phi) is 7.60. The quantitative estimate of drug-likeness (QED) is 0.0836. The Morgan fingerprint density at radius 1 is 1.19 bits per heavy atom. The lowest BCUT2D eigenvalue weighted by Gasteiger charge is -2.59. The van der Waals surface area contributed by atoms with Crippen LogP contribution in [0.15, 0.2) is 35.6 Å². The van der Waals surface area contributed by atoms with Crippen LogP contribution in [0.4, 0.5) is 16.2 Å². The molecule has 0 aromatic heterocycles. The molecule has 1 aromatic carbocycles. The van der Waals surface area contributed by atoms with Gasteiger partial charge in [0.15, 0.2) is 17.3 Å². The molecule has 0 saturated heterocycles. The Hall–Kier alpha value is -4.44. The number of fused-ring (bicyclic) bond motifs is 3. The van der Waals surface area contributed by atoms with Crippen molar-refractivity contribution in [3.8, 4) is 5.75 Å². The number of benzene rings is 1. The fourth-order valence-electron chi connectivity index (χ4n) is 6.52. The van der Waals surface area contributed by atoms with E-state index in [4.69, 9.17) is 21.9 Å². The highest BCUT2D eigenvalue weighted by molar-refractivity contribution is 6.26. The zero-order valence-corrected chi connectivity index (χ0v) is 24.2. The summed E-state index contributed by atoms with van der Waals surface area (Å²) in [7, 11) is 6.15. The monoisotopic (exact) mass is 600 g/mol. The summed E-state index contributed by atoms with van der Waals surface area (Å²) in [6.45, 7) is 3.56. The summed E-state index contributed by atoms with van der Waals surface area (Å²) in [6, 6.07) is -0.129. The van der Waals surface area contributed by atoms with E-state index in [0.717, 1.165) is 0 Å². The second-order valence-corrected chi connectivity index (χ2v) is 11.5. The molecule has 0 spiro atoms. The molecule has 1 fully saturated rings. The molecular formula is C28H36N6O9. The van der Waals surface area contributed by atoms with Crippen LogP contribution in [0.25, 0.3) is 5.76 Å². The molecule has 15 nitrogen and oxygen atoms in total. The molecule has 0 radical (unpaired) electrons. The predicted octanol–water partition coefficient (Wildman–Crippen LogP) is -0.683. The number of ketones is 2. The van der Waals surface area contributed by atoms with E-state index >= 15 is 0 Å². The van der Waals surface area contributed by atoms with Crippen molar-refractivity contribution in [2.45, 2.75) is 42.0 Å². The third-order valence-corrected chi connectivity index (χ3v) is 8.28. The van der Waals surface area contributed by atoms with Crippen molar-refractivity contribution in [1.82, 2.24) is 4.90 Å². The third-order valence-electron chi connectivity index (χ3n) is 8.28. The Bertz CT molecular complexity index is 1530. The maximum atomic E-state index is 14.2. The minimum Gasteiger partial charge on any atom is -0.508 e. The number of phenols is 1. The van der Waals surface area contributed by atoms with Gasteiger partial charge < -0.3 is 47.3 Å². The van der Waals surface area contributed by atoms with Crippen molar-refractivity contribution in [3.05, 3.63) is 46.8 Å². The summed E-state index contributed by atoms with van der Waals surface area (Å²) < 4.78 is 5.05. The number of nitrogens with zero attached hydrogens (tertiary/aromatic N) is 2. The van der Waals surface area contributed by atoms with Crippen LogP contribution in [0.3, 0.4) is 0 Å². The van der Waals surface area contributed by atoms with Crippen molar-refractivity contribution in [1.29, 1.82) is 0 Å². The van der Waals surface area contributed by atoms with Crippen LogP contribution in [0.1, 0.15) is 24.0 Å². The van der Waals surface area contributed by atoms with Crippen molar-refractivity contribution >= 4 is 40.7 Å². The first-order chi connectivity index (χ1) is 19.9. The summed E-state index contributed by atoms with van der Waals surface area (Å²) in [5, 5.41) is 48.3. The van der Waals surface area contributed by atoms with Gasteiger partial charge in [-0.2, -0.15) is 0 Å². The average molecular weight is 601 g/mol. The Morgan fingerprint density at radius 3 is 2.35 bits per heavy atom. The second-order valence-electron chi connectivity index (χ2n) is 11.5. The van der Waals surface area contributed by atoms with E-state index in [0.29, 0.717) is 12.1 Å². The Morgan fingerprint density at radius 2 is 1.81 bits per heavy atom. The molecule has 2 amide bonds. The Labute approximate surface area is 246 Å². The van der Waals surface area contributed by atoms with Gasteiger partial charge in [-0.15, -0.1) is 6.58 Å². The van der Waals surface area contributed by atoms with Crippen LogP contribution in [-0.2, 0) is 25.5 Å². The number of hydrogen-bond donors (Lipinski definition) is 8. The minimum absolute atomic E-state index is 0.0151. The number of rotatable bonds is 7. The molecule has 0 heterocycles. The molecule has 43 heavy (non-hydrogen) atoms. The Balaban J connectivity index is 1.99. The second kappa shape index (κ2) is 10.4. The van der Waals surface area contributed by atoms with Gasteiger partial charge in [0.25, 0.3) is 5.91 Å². The van der Waals surface area contributed by atoms with Crippen molar-refractivity contribution in [3.63, 3.8) is 0 Å². The van der Waals surface area contributed by atoms with Crippen LogP contribution < -0.4 is 27.4 Å². The number of aliphatic hydroxyl groups is 3. The minimum atomic E-state index is -3.13. The molecule has 0 unspecified atom stereocenters. The van der Waals surface area contributed by atoms with Crippen LogP contribution >= 0.6 is 0 Å². The van der Waals surface area contributed by atoms with E-state index in [1.54, 1.807) is 25.1 Å². The van der Waals surface area contributed by atoms with E-state index in [2.05, 4.69) is 11.9 Å². The summed E-state index contributed by atoms with van der Waals surface area (Å²) in [5.41, 5.74) is 10.2. The zero-order chi connectivity index (χ0) is 32.4. The lowest BCUT2D eigenvalue weighted by molar-refractivity contribution is -0.158. The van der Waals surface area contributed by atoms with E-state index in [9.17, 15) is 39.6 Å². The van der Waals surface area contributed by atoms with E-state index < -0.39 is 81.1 Å². The molecule has 232 valence electrons. The van der Waals surface area contributed by atoms with Crippen molar-refractivity contribution in [2.24, 2.45) is 17.2 Å². The summed E-state index contributed by atoms with van der Waals surface area (Å²) in [6.07, 6.45) is 0.226. The normalized spacial score (nSPS) is 28.2. The fraction of sp³-hybridized carbons (Fsp3) is 0.429. The first kappa shape index (κ1) is 31.5. The fourth-order valence-corrected chi connectivity index (χ4v) is 6.52. The molecule has 4 atom stereocenters. The number of carbonyl (C=O) groups excluding carboxylic acids is 4. The summed E-state index contributed by atoms with van der Waals surface area (Å²) >= 11 is 0. The maximum Gasteiger partial charge on any atom is 0.411 e. The van der Waals surface area contributed by atoms with Crippen molar-refractivity contribution in [2.75, 3.05) is 45.0 Å². The predicted molar refractivity (Wildman–Crippen MR) is 155 cm³/mol. The number of likely N-dealkylation sites (N-methyl/N-ethyl adjacent to an activating group) is 1. The average Bonchev–Trinajstić information content (AvgIpc) is 2.87. The SMILES string of the molecule is C=CCCOC(=O)Nc1cc(N(C)C)c2c(c1O)C(O)=C1C(=O)[C@]3(O)C(O)=C(C(N)=O)C(=O)[C@@H](N(C)C)[C@]3(N)C[C@]1(N)C2. The molecule has 15 heteroatoms. The van der Waals surface area contributed by atoms with Gasteiger partial charge in [-0.25, -0.2) is 4.79 Å². The van der Waals surface area contributed by atoms with Gasteiger partial charge in [-0.05, 0) is 45.0 Å². The highest BCUT2D eigenvalue weighted by Gasteiger charge is 2.73. The van der Waals surface area contributed by atoms with Gasteiger partial charge in [-0.3, -0.25) is 24.6 Å². The first-order valence-corrected chi connectivity index (χ1v) is 13.2. The molecule has 1 saturated carbocycles. The standard InChI is InChI=1S/C28H36N6O9/c1-6-7-8-43-25(41)32-13-9-14(33(2)3)12-10-26(30)11-27(31)21(34(4)5)20(37)16(24(29)40)22(38)28(27,42)23(39)17(26)19(36)15(12)18(13)35/h6,9,21,35-36,38,42H,1,7-8,10-11,30-31H2,2-5H3,(H2,29,40)(H,32,41)/t21-,26-,27-,28-/m1/s1. The van der Waals surface area contributed by atoms with E-state index in [1.165, 1.54) is 25.1 Å². The van der Waals surface area contributed by atoms with Crippen LogP contribution in [-0.4, -0.2) is 106 Å². The van der Waals surface area contributed by atoms with Crippen LogP contribution in [0.2, 0.25) is 0 Å². The number of Topliss-reactive ketones (excluding diaryl/α,β-unsaturated/α-hetero) is 2. The highest BCUT2D eigenvalue weighted by Crippen LogP contribution is 2.56. The van der Waals surface area contributed by atoms with Gasteiger partial charge in [0.1, 0.15) is 11.3 Å². The molecule has 4 rings (SSSR count). The summed E-state index contributed by atoms with van der Waals surface area (Å²) in [4.78, 5) is 55.1. The largest absolute Gasteiger partial charge is 0.508 e. The molecule has 0 bridgehead atoms. The number of nitrogens with one attached hydrogen (secondary N) is 1. The van der Waals surface area contributed by atoms with Crippen molar-refractivity contribution < 1.29 is 44.3 Å². The van der Waals surface area contributed by atoms with Gasteiger partial charge in [-0.1, -0.05) is 6.08 Å². The number of carbonyl (C=O) groups is 4. The molecular weight excluding hydrogens is 564 g/mol. The number of ether oxygens (including phenoxy) is 1. The number of primary amides is 1. The first-order valence-electron chi connectivity index (χ1n) is 13.2. The van der Waals surface area contributed by atoms with E-state index in [-0.39, 0.29) is 29.8 Å². The number of hydrogen-bond acceptors (Lipinski definition) is 13. The summed E-state index contributed by atoms with van der Waals surface area (Å²) in [5.74, 6) is -6.68. The maximum absolute atomic E-state index is 14.2. The zero-order valence-electron chi connectivity index (χ0n) is 24.2. The van der Waals surface area contributed by atoms with Gasteiger partial charge in [0, 0.05) is 19.8 Å². The highest BCUT2D eigenvalue weighted by atomic mass is 16.5. The molecule has 11 N–H and O–H groups in total. The number of aliphatic hydroxyl groups excluding tert-OH is 2. The molecule has 3 aliphatic rings. The topological polar surface area (TPSA) is 255 Å². The molecule has 1 aromatic rings. The lowest BCUT2D eigenvalue weighted by atomic mass is 9.51. The van der Waals surface area contributed by atoms with Gasteiger partial charge in [0.05, 0.1) is 40.6 Å². The van der Waals surface area contributed by atoms with Crippen LogP contribution in [0, 0.1) is 0 Å². The lowest BCUT2D eigenvalue weighted by Crippen LogP contribution is -2.83. The van der Waals surface area contributed by atoms with Crippen LogP contribution in [0.5, 0.6) is 5.75 Å². The van der Waals surface area contributed by atoms with Gasteiger partial charge in [0.2, 0.25) is 11.4 Å². The number of aromatic hydroxyl groups is 1. The third kappa shape index (κ3) is 4.34. The number of anilines is 2. The molecule has 3 aliphatic carbocycles. The smallest absolute Gasteiger partial charge is 0.411 e. The number of nitrogens with two attached hydrogens (primary N) is 3. The number of phenolic OH excluding ortho intramolecular Hbond substituents is 1. The number of amides is 2. The van der Waals surface area contributed by atoms with E-state index in [1.807, 2.05) is 0 Å².